The van der Waals surface area contributed by atoms with E-state index in [2.05, 4.69) is 31.3 Å². The molecular formula is C30H38FNO2. The van der Waals surface area contributed by atoms with Gasteiger partial charge in [0.2, 0.25) is 5.91 Å². The molecule has 1 amide bonds. The molecule has 3 fully saturated rings. The molecule has 5 atom stereocenters. The molecule has 2 aliphatic carbocycles. The van der Waals surface area contributed by atoms with E-state index in [9.17, 15) is 9.18 Å². The maximum atomic E-state index is 14.5. The molecule has 0 unspecified atom stereocenters. The highest BCUT2D eigenvalue weighted by atomic mass is 19.1. The van der Waals surface area contributed by atoms with E-state index in [0.717, 1.165) is 56.1 Å². The normalized spacial score (nSPS) is 32.1. The number of hydrogen-bond donors (Lipinski definition) is 1. The zero-order valence-corrected chi connectivity index (χ0v) is 20.6. The van der Waals surface area contributed by atoms with Gasteiger partial charge in [0.1, 0.15) is 5.82 Å². The first-order chi connectivity index (χ1) is 16.4. The lowest BCUT2D eigenvalue weighted by Gasteiger charge is -2.52. The van der Waals surface area contributed by atoms with Crippen molar-refractivity contribution in [1.82, 2.24) is 5.32 Å². The topological polar surface area (TPSA) is 38.3 Å². The summed E-state index contributed by atoms with van der Waals surface area (Å²) in [5, 5.41) is 3.56. The fourth-order valence-electron chi connectivity index (χ4n) is 6.69. The largest absolute Gasteiger partial charge is 0.370 e. The summed E-state index contributed by atoms with van der Waals surface area (Å²) in [6.45, 7) is 4.55. The number of halogens is 1. The molecule has 0 bridgehead atoms. The number of benzene rings is 2. The van der Waals surface area contributed by atoms with Crippen molar-refractivity contribution in [2.45, 2.75) is 89.4 Å². The van der Waals surface area contributed by atoms with Gasteiger partial charge < -0.3 is 10.1 Å². The van der Waals surface area contributed by atoms with Crippen LogP contribution in [-0.4, -0.2) is 17.6 Å². The minimum Gasteiger partial charge on any atom is -0.370 e. The van der Waals surface area contributed by atoms with E-state index >= 15 is 0 Å². The third kappa shape index (κ3) is 4.79. The van der Waals surface area contributed by atoms with Crippen molar-refractivity contribution in [3.63, 3.8) is 0 Å². The summed E-state index contributed by atoms with van der Waals surface area (Å²) in [6.07, 6.45) is 9.67. The smallest absolute Gasteiger partial charge is 0.223 e. The van der Waals surface area contributed by atoms with Crippen molar-refractivity contribution in [3.8, 4) is 11.1 Å². The van der Waals surface area contributed by atoms with Gasteiger partial charge in [-0.25, -0.2) is 4.39 Å². The fourth-order valence-corrected chi connectivity index (χ4v) is 6.69. The van der Waals surface area contributed by atoms with Gasteiger partial charge in [-0.05, 0) is 61.8 Å². The Morgan fingerprint density at radius 1 is 1.03 bits per heavy atom. The van der Waals surface area contributed by atoms with Crippen LogP contribution in [0.4, 0.5) is 4.39 Å². The van der Waals surface area contributed by atoms with Crippen molar-refractivity contribution in [3.05, 3.63) is 59.9 Å². The Kier molecular flexibility index (Phi) is 6.79. The molecule has 34 heavy (non-hydrogen) atoms. The fraction of sp³-hybridized carbons (Fsp3) is 0.567. The quantitative estimate of drug-likeness (QED) is 0.520. The van der Waals surface area contributed by atoms with Crippen molar-refractivity contribution in [1.29, 1.82) is 0 Å². The third-order valence-corrected chi connectivity index (χ3v) is 8.65. The molecule has 3 aliphatic rings. The molecule has 2 aromatic carbocycles. The van der Waals surface area contributed by atoms with Crippen LogP contribution in [0.3, 0.4) is 0 Å². The Morgan fingerprint density at radius 2 is 1.82 bits per heavy atom. The molecule has 0 spiro atoms. The molecule has 2 aromatic rings. The highest BCUT2D eigenvalue weighted by Crippen LogP contribution is 2.48. The Balaban J connectivity index is 1.43. The monoisotopic (exact) mass is 463 g/mol. The van der Waals surface area contributed by atoms with Crippen molar-refractivity contribution < 1.29 is 13.9 Å². The van der Waals surface area contributed by atoms with Crippen LogP contribution in [0.1, 0.15) is 83.3 Å². The second-order valence-electron chi connectivity index (χ2n) is 11.2. The van der Waals surface area contributed by atoms with Crippen molar-refractivity contribution in [2.75, 3.05) is 0 Å². The molecule has 1 saturated heterocycles. The molecular weight excluding hydrogens is 425 g/mol. The van der Waals surface area contributed by atoms with Gasteiger partial charge in [0.05, 0.1) is 12.2 Å². The molecule has 1 heterocycles. The predicted molar refractivity (Wildman–Crippen MR) is 134 cm³/mol. The second-order valence-corrected chi connectivity index (χ2v) is 11.2. The molecule has 1 N–H and O–H groups in total. The van der Waals surface area contributed by atoms with E-state index in [1.165, 1.54) is 18.9 Å². The Hall–Kier alpha value is -2.20. The number of ether oxygens (including phenoxy) is 1. The van der Waals surface area contributed by atoms with E-state index in [1.54, 1.807) is 6.07 Å². The average Bonchev–Trinajstić information content (AvgIpc) is 2.84. The first-order valence-electron chi connectivity index (χ1n) is 13.3. The number of rotatable bonds is 4. The number of carbonyl (C=O) groups excluding carboxylic acids is 1. The van der Waals surface area contributed by atoms with Crippen molar-refractivity contribution in [2.24, 2.45) is 17.8 Å². The highest BCUT2D eigenvalue weighted by Gasteiger charge is 2.50. The van der Waals surface area contributed by atoms with Gasteiger partial charge in [0.15, 0.2) is 0 Å². The number of fused-ring (bicyclic) bond motifs is 1. The lowest BCUT2D eigenvalue weighted by atomic mass is 9.66. The van der Waals surface area contributed by atoms with Gasteiger partial charge in [-0.3, -0.25) is 4.79 Å². The van der Waals surface area contributed by atoms with Crippen LogP contribution < -0.4 is 5.32 Å². The van der Waals surface area contributed by atoms with Gasteiger partial charge >= 0.3 is 0 Å². The first kappa shape index (κ1) is 23.5. The standard InChI is InChI=1S/C30H38FNO2/c1-20-15-16-25-27(17-20)34-28(19-30(25,2)32-29(33)21-9-4-3-5-10-21)23-12-8-11-22(18-23)24-13-6-7-14-26(24)31/h6-8,11-14,18,20-21,25,27-28H,3-5,9-10,15-17,19H2,1-2H3,(H,32,33)/t20-,25-,27-,28-,30-/m0/s1. The predicted octanol–water partition coefficient (Wildman–Crippen LogP) is 7.21. The summed E-state index contributed by atoms with van der Waals surface area (Å²) in [5.74, 6) is 1.14. The zero-order chi connectivity index (χ0) is 23.7. The Morgan fingerprint density at radius 3 is 2.62 bits per heavy atom. The van der Waals surface area contributed by atoms with Gasteiger partial charge in [0.25, 0.3) is 0 Å². The van der Waals surface area contributed by atoms with Crippen LogP contribution in [0, 0.1) is 23.6 Å². The highest BCUT2D eigenvalue weighted by molar-refractivity contribution is 5.79. The molecule has 182 valence electrons. The van der Waals surface area contributed by atoms with E-state index in [-0.39, 0.29) is 35.4 Å². The number of hydrogen-bond acceptors (Lipinski definition) is 2. The Bertz CT molecular complexity index is 1020. The summed E-state index contributed by atoms with van der Waals surface area (Å²) in [6, 6.07) is 15.0. The van der Waals surface area contributed by atoms with Gasteiger partial charge in [-0.2, -0.15) is 0 Å². The van der Waals surface area contributed by atoms with Gasteiger partial charge in [0, 0.05) is 29.4 Å². The van der Waals surface area contributed by atoms with E-state index < -0.39 is 0 Å². The summed E-state index contributed by atoms with van der Waals surface area (Å²) < 4.78 is 21.2. The summed E-state index contributed by atoms with van der Waals surface area (Å²) in [4.78, 5) is 13.3. The average molecular weight is 464 g/mol. The maximum absolute atomic E-state index is 14.5. The zero-order valence-electron chi connectivity index (χ0n) is 20.6. The summed E-state index contributed by atoms with van der Waals surface area (Å²) in [5.41, 5.74) is 2.25. The SMILES string of the molecule is C[C@H]1CC[C@H]2[C@H](C1)O[C@H](c1cccc(-c3ccccc3F)c1)C[C@]2(C)NC(=O)C1CCCCC1. The third-order valence-electron chi connectivity index (χ3n) is 8.65. The number of nitrogens with one attached hydrogen (secondary N) is 1. The molecule has 3 nitrogen and oxygen atoms in total. The van der Waals surface area contributed by atoms with Crippen LogP contribution in [0.5, 0.6) is 0 Å². The molecule has 5 rings (SSSR count). The second kappa shape index (κ2) is 9.81. The molecule has 0 radical (unpaired) electrons. The van der Waals surface area contributed by atoms with Gasteiger partial charge in [-0.1, -0.05) is 69.0 Å². The van der Waals surface area contributed by atoms with Crippen LogP contribution in [-0.2, 0) is 9.53 Å². The summed E-state index contributed by atoms with van der Waals surface area (Å²) >= 11 is 0. The number of carbonyl (C=O) groups is 1. The van der Waals surface area contributed by atoms with Gasteiger partial charge in [-0.15, -0.1) is 0 Å². The molecule has 4 heteroatoms. The summed E-state index contributed by atoms with van der Waals surface area (Å²) in [7, 11) is 0. The van der Waals surface area contributed by atoms with E-state index in [4.69, 9.17) is 4.74 Å². The van der Waals surface area contributed by atoms with Crippen LogP contribution in [0.15, 0.2) is 48.5 Å². The van der Waals surface area contributed by atoms with Crippen molar-refractivity contribution >= 4 is 5.91 Å². The minimum absolute atomic E-state index is 0.116. The minimum atomic E-state index is -0.295. The Labute approximate surface area is 203 Å². The lowest BCUT2D eigenvalue weighted by molar-refractivity contribution is -0.155. The molecule has 2 saturated carbocycles. The van der Waals surface area contributed by atoms with E-state index in [0.29, 0.717) is 17.4 Å². The van der Waals surface area contributed by atoms with Crippen LogP contribution >= 0.6 is 0 Å². The van der Waals surface area contributed by atoms with E-state index in [1.807, 2.05) is 24.3 Å². The first-order valence-corrected chi connectivity index (χ1v) is 13.3. The van der Waals surface area contributed by atoms with Crippen LogP contribution in [0.2, 0.25) is 0 Å². The number of amides is 1. The maximum Gasteiger partial charge on any atom is 0.223 e. The lowest BCUT2D eigenvalue weighted by Crippen LogP contribution is -2.61. The molecule has 0 aromatic heterocycles. The molecule has 1 aliphatic heterocycles. The van der Waals surface area contributed by atoms with Crippen LogP contribution in [0.25, 0.3) is 11.1 Å².